The molecule has 17 nitrogen and oxygen atoms in total. The quantitative estimate of drug-likeness (QED) is 0.0905. The van der Waals surface area contributed by atoms with E-state index in [0.29, 0.717) is 10.1 Å². The van der Waals surface area contributed by atoms with Crippen LogP contribution in [0.3, 0.4) is 0 Å². The van der Waals surface area contributed by atoms with Crippen LogP contribution in [0.5, 0.6) is 0 Å². The van der Waals surface area contributed by atoms with Gasteiger partial charge in [-0.15, -0.1) is 23.0 Å². The van der Waals surface area contributed by atoms with E-state index in [4.69, 9.17) is 22.5 Å². The molecular formula is C21H23N6O11P. The van der Waals surface area contributed by atoms with Gasteiger partial charge in [-0.3, -0.25) is 38.8 Å². The number of carbonyl (C=O) groups is 8. The molecule has 2 aliphatic heterocycles. The molecule has 2 heterocycles. The number of hydrazine groups is 1. The zero-order valence-electron chi connectivity index (χ0n) is 20.3. The first kappa shape index (κ1) is 30.7. The molecule has 0 aliphatic carbocycles. The van der Waals surface area contributed by atoms with Crippen molar-refractivity contribution in [3.05, 3.63) is 0 Å². The van der Waals surface area contributed by atoms with Gasteiger partial charge in [0, 0.05) is 38.8 Å². The molecular weight excluding hydrogens is 543 g/mol. The van der Waals surface area contributed by atoms with E-state index in [9.17, 15) is 42.9 Å². The van der Waals surface area contributed by atoms with Crippen molar-refractivity contribution < 1.29 is 52.6 Å². The minimum atomic E-state index is -4.18. The summed E-state index contributed by atoms with van der Waals surface area (Å²) in [6, 6.07) is 0. The van der Waals surface area contributed by atoms with Gasteiger partial charge in [0.05, 0.1) is 19.1 Å². The van der Waals surface area contributed by atoms with Gasteiger partial charge in [-0.25, -0.2) is 14.3 Å². The van der Waals surface area contributed by atoms with Crippen molar-refractivity contribution in [3.8, 4) is 24.7 Å². The third-order valence-electron chi connectivity index (χ3n) is 5.06. The smallest absolute Gasteiger partial charge is 0.334 e. The molecule has 1 unspecified atom stereocenters. The van der Waals surface area contributed by atoms with Crippen molar-refractivity contribution in [2.75, 3.05) is 19.4 Å². The van der Waals surface area contributed by atoms with Gasteiger partial charge in [0.1, 0.15) is 0 Å². The lowest BCUT2D eigenvalue weighted by molar-refractivity contribution is -0.198. The zero-order chi connectivity index (χ0) is 29.2. The Balaban J connectivity index is 2.19. The molecule has 3 N–H and O–H groups in total. The molecule has 208 valence electrons. The summed E-state index contributed by atoms with van der Waals surface area (Å²) in [6.45, 7) is -0.988. The average molecular weight is 566 g/mol. The summed E-state index contributed by atoms with van der Waals surface area (Å²) in [5, 5.41) is 4.90. The molecule has 6 amide bonds. The standard InChI is InChI=1S/C21H23N6O11P/c1-3-14(28)22-13-39(36,24-23-15(29)4-2)25(11-9-20(34)37-26-16(30)5-6-17(26)31)12-10-21(35)38-27-18(32)7-8-19(27)33/h1-2H,5-13H2,(H,22,28)(H,23,29)(H,24,36). The Morgan fingerprint density at radius 2 is 1.21 bits per heavy atom. The molecule has 2 rings (SSSR count). The van der Waals surface area contributed by atoms with Crippen molar-refractivity contribution in [1.29, 1.82) is 0 Å². The second kappa shape index (κ2) is 13.8. The predicted octanol–water partition coefficient (Wildman–Crippen LogP) is -2.56. The van der Waals surface area contributed by atoms with Crippen LogP contribution in [0.25, 0.3) is 0 Å². The van der Waals surface area contributed by atoms with E-state index in [0.717, 1.165) is 4.67 Å². The summed E-state index contributed by atoms with van der Waals surface area (Å²) in [7, 11) is -4.18. The Bertz CT molecular complexity index is 1100. The monoisotopic (exact) mass is 566 g/mol. The van der Waals surface area contributed by atoms with Crippen LogP contribution in [0, 0.1) is 24.7 Å². The molecule has 0 aromatic rings. The maximum Gasteiger partial charge on any atom is 0.334 e. The second-order valence-corrected chi connectivity index (χ2v) is 10.3. The molecule has 18 heteroatoms. The minimum Gasteiger partial charge on any atom is -0.336 e. The molecule has 0 bridgehead atoms. The van der Waals surface area contributed by atoms with Crippen LogP contribution in [0.15, 0.2) is 0 Å². The van der Waals surface area contributed by atoms with E-state index in [2.05, 4.69) is 10.5 Å². The third-order valence-corrected chi connectivity index (χ3v) is 7.42. The Morgan fingerprint density at radius 1 is 0.795 bits per heavy atom. The lowest BCUT2D eigenvalue weighted by Crippen LogP contribution is -2.44. The number of carbonyl (C=O) groups excluding carboxylic acids is 8. The van der Waals surface area contributed by atoms with Gasteiger partial charge >= 0.3 is 17.8 Å². The maximum atomic E-state index is 13.8. The summed E-state index contributed by atoms with van der Waals surface area (Å²) >= 11 is 0. The summed E-state index contributed by atoms with van der Waals surface area (Å²) in [4.78, 5) is 104. The van der Waals surface area contributed by atoms with Crippen molar-refractivity contribution in [2.24, 2.45) is 0 Å². The average Bonchev–Trinajstić information content (AvgIpc) is 3.40. The number of terminal acetylenes is 2. The zero-order valence-corrected chi connectivity index (χ0v) is 21.2. The summed E-state index contributed by atoms with van der Waals surface area (Å²) in [5.74, 6) is -3.76. The van der Waals surface area contributed by atoms with E-state index in [1.807, 2.05) is 5.43 Å². The van der Waals surface area contributed by atoms with Crippen LogP contribution in [-0.4, -0.2) is 81.6 Å². The van der Waals surface area contributed by atoms with E-state index < -0.39 is 87.0 Å². The van der Waals surface area contributed by atoms with Crippen LogP contribution >= 0.6 is 7.44 Å². The van der Waals surface area contributed by atoms with Crippen molar-refractivity contribution in [3.63, 3.8) is 0 Å². The SMILES string of the molecule is C#CC(=O)NCP(=O)(NNC(=O)C#C)N(CCC(=O)ON1C(=O)CCC1=O)CCC(=O)ON1C(=O)CCC1=O. The van der Waals surface area contributed by atoms with Gasteiger partial charge in [-0.1, -0.05) is 0 Å². The fourth-order valence-electron chi connectivity index (χ4n) is 3.10. The summed E-state index contributed by atoms with van der Waals surface area (Å²) in [6.07, 6.45) is 7.43. The van der Waals surface area contributed by atoms with E-state index in [-0.39, 0.29) is 25.7 Å². The lowest BCUT2D eigenvalue weighted by Gasteiger charge is -2.31. The van der Waals surface area contributed by atoms with Crippen molar-refractivity contribution in [2.45, 2.75) is 38.5 Å². The molecule has 0 radical (unpaired) electrons. The lowest BCUT2D eigenvalue weighted by atomic mass is 10.4. The first-order valence-electron chi connectivity index (χ1n) is 11.2. The summed E-state index contributed by atoms with van der Waals surface area (Å²) in [5.41, 5.74) is 1.95. The molecule has 1 atom stereocenters. The van der Waals surface area contributed by atoms with E-state index in [1.165, 1.54) is 0 Å². The number of hydroxylamine groups is 4. The van der Waals surface area contributed by atoms with Gasteiger partial charge in [0.15, 0.2) is 0 Å². The number of hydrogen-bond acceptors (Lipinski definition) is 11. The van der Waals surface area contributed by atoms with Crippen molar-refractivity contribution >= 4 is 54.8 Å². The summed E-state index contributed by atoms with van der Waals surface area (Å²) < 4.78 is 14.7. The highest BCUT2D eigenvalue weighted by molar-refractivity contribution is 7.59. The van der Waals surface area contributed by atoms with E-state index >= 15 is 0 Å². The number of nitrogens with zero attached hydrogens (tertiary/aromatic N) is 3. The van der Waals surface area contributed by atoms with Gasteiger partial charge in [-0.05, 0) is 11.8 Å². The van der Waals surface area contributed by atoms with Gasteiger partial charge in [0.2, 0.25) is 7.44 Å². The molecule has 2 saturated heterocycles. The number of hydrogen-bond donors (Lipinski definition) is 3. The van der Waals surface area contributed by atoms with Crippen LogP contribution in [0.4, 0.5) is 0 Å². The van der Waals surface area contributed by atoms with Gasteiger partial charge in [-0.2, -0.15) is 5.20 Å². The number of amides is 6. The normalized spacial score (nSPS) is 16.4. The van der Waals surface area contributed by atoms with Crippen LogP contribution in [-0.2, 0) is 52.6 Å². The Labute approximate surface area is 221 Å². The molecule has 2 fully saturated rings. The second-order valence-electron chi connectivity index (χ2n) is 7.76. The predicted molar refractivity (Wildman–Crippen MR) is 125 cm³/mol. The van der Waals surface area contributed by atoms with Gasteiger partial charge in [0.25, 0.3) is 29.5 Å². The highest BCUT2D eigenvalue weighted by Crippen LogP contribution is 2.43. The molecule has 0 spiro atoms. The highest BCUT2D eigenvalue weighted by Gasteiger charge is 2.36. The fraction of sp³-hybridized carbons (Fsp3) is 0.429. The molecule has 39 heavy (non-hydrogen) atoms. The Hall–Kier alpha value is -4.57. The Kier molecular flexibility index (Phi) is 10.9. The van der Waals surface area contributed by atoms with Crippen LogP contribution < -0.4 is 15.9 Å². The van der Waals surface area contributed by atoms with Crippen LogP contribution in [0.2, 0.25) is 0 Å². The maximum absolute atomic E-state index is 13.8. The highest BCUT2D eigenvalue weighted by atomic mass is 31.2. The minimum absolute atomic E-state index is 0.148. The Morgan fingerprint density at radius 3 is 1.59 bits per heavy atom. The first-order chi connectivity index (χ1) is 18.4. The first-order valence-corrected chi connectivity index (χ1v) is 13.0. The molecule has 2 aliphatic rings. The topological polar surface area (TPSA) is 218 Å². The van der Waals surface area contributed by atoms with Crippen molar-refractivity contribution in [1.82, 2.24) is 30.7 Å². The third kappa shape index (κ3) is 8.75. The molecule has 0 aromatic carbocycles. The molecule has 0 saturated carbocycles. The fourth-order valence-corrected chi connectivity index (χ4v) is 5.00. The number of imide groups is 2. The van der Waals surface area contributed by atoms with E-state index in [1.54, 1.807) is 11.8 Å². The van der Waals surface area contributed by atoms with Gasteiger partial charge < -0.3 is 15.0 Å². The number of rotatable bonds is 13. The largest absolute Gasteiger partial charge is 0.336 e. The van der Waals surface area contributed by atoms with Crippen LogP contribution in [0.1, 0.15) is 38.5 Å². The molecule has 0 aromatic heterocycles. The number of nitrogens with one attached hydrogen (secondary N) is 3.